The summed E-state index contributed by atoms with van der Waals surface area (Å²) in [6.07, 6.45) is -4.15. The quantitative estimate of drug-likeness (QED) is 0.464. The van der Waals surface area contributed by atoms with Crippen molar-refractivity contribution in [1.29, 1.82) is 0 Å². The third-order valence-corrected chi connectivity index (χ3v) is 5.27. The van der Waals surface area contributed by atoms with E-state index in [-0.39, 0.29) is 26.9 Å². The summed E-state index contributed by atoms with van der Waals surface area (Å²) < 4.78 is 82.1. The first-order chi connectivity index (χ1) is 12.9. The summed E-state index contributed by atoms with van der Waals surface area (Å²) in [4.78, 5) is -0.645. The fourth-order valence-corrected chi connectivity index (χ4v) is 3.85. The molecule has 0 aliphatic rings. The highest BCUT2D eigenvalue weighted by molar-refractivity contribution is 7.90. The van der Waals surface area contributed by atoms with Crippen molar-refractivity contribution in [2.75, 3.05) is 6.26 Å². The average molecular weight is 454 g/mol. The van der Waals surface area contributed by atoms with Crippen LogP contribution in [0.15, 0.2) is 45.8 Å². The third kappa shape index (κ3) is 4.01. The van der Waals surface area contributed by atoms with Gasteiger partial charge in [0.15, 0.2) is 9.84 Å². The molecule has 0 aliphatic heterocycles. The molecule has 0 amide bonds. The lowest BCUT2D eigenvalue weighted by atomic mass is 9.99. The fraction of sp³-hybridized carbons (Fsp3) is 0.118. The summed E-state index contributed by atoms with van der Waals surface area (Å²) in [7, 11) is -3.90. The second-order valence-corrected chi connectivity index (χ2v) is 8.67. The maximum absolute atomic E-state index is 14.3. The molecule has 3 rings (SSSR count). The van der Waals surface area contributed by atoms with E-state index in [0.29, 0.717) is 6.07 Å². The minimum atomic E-state index is -4.94. The van der Waals surface area contributed by atoms with Crippen LogP contribution in [-0.2, 0) is 16.0 Å². The number of benzene rings is 2. The first-order valence-electron chi connectivity index (χ1n) is 7.41. The average Bonchev–Trinajstić information content (AvgIpc) is 2.97. The van der Waals surface area contributed by atoms with E-state index in [2.05, 4.69) is 9.68 Å². The Morgan fingerprint density at radius 1 is 1.00 bits per heavy atom. The van der Waals surface area contributed by atoms with Crippen LogP contribution in [0, 0.1) is 5.82 Å². The Morgan fingerprint density at radius 2 is 1.61 bits per heavy atom. The number of alkyl halides is 3. The van der Waals surface area contributed by atoms with Crippen LogP contribution < -0.4 is 0 Å². The van der Waals surface area contributed by atoms with Gasteiger partial charge in [0.25, 0.3) is 0 Å². The van der Waals surface area contributed by atoms with Gasteiger partial charge in [-0.15, -0.1) is 0 Å². The second kappa shape index (κ2) is 7.06. The lowest BCUT2D eigenvalue weighted by Gasteiger charge is -2.09. The standard InChI is InChI=1S/C17H9Cl2F4NO3S/c1-28(25,26)13-3-2-8(6-12(13)20)14-15(24-27-16(14)17(21,22)23)9-4-10(18)7-11(19)5-9/h2-7H,1H3. The predicted octanol–water partition coefficient (Wildman–Crippen LogP) is 5.88. The van der Waals surface area contributed by atoms with Gasteiger partial charge in [0.2, 0.25) is 5.76 Å². The molecule has 2 aromatic carbocycles. The minimum Gasteiger partial charge on any atom is -0.350 e. The van der Waals surface area contributed by atoms with E-state index >= 15 is 0 Å². The molecule has 0 atom stereocenters. The normalized spacial score (nSPS) is 12.4. The number of aromatic nitrogens is 1. The minimum absolute atomic E-state index is 0.111. The zero-order valence-corrected chi connectivity index (χ0v) is 16.1. The lowest BCUT2D eigenvalue weighted by Crippen LogP contribution is -2.06. The van der Waals surface area contributed by atoms with Gasteiger partial charge in [-0.1, -0.05) is 34.4 Å². The van der Waals surface area contributed by atoms with Gasteiger partial charge in [0, 0.05) is 21.9 Å². The van der Waals surface area contributed by atoms with Crippen molar-refractivity contribution in [3.05, 3.63) is 58.0 Å². The molecular weight excluding hydrogens is 445 g/mol. The van der Waals surface area contributed by atoms with Gasteiger partial charge in [0.05, 0.1) is 5.56 Å². The SMILES string of the molecule is CS(=O)(=O)c1ccc(-c2c(-c3cc(Cl)cc(Cl)c3)noc2C(F)(F)F)cc1F. The van der Waals surface area contributed by atoms with Crippen LogP contribution in [0.4, 0.5) is 17.6 Å². The molecule has 4 nitrogen and oxygen atoms in total. The van der Waals surface area contributed by atoms with Crippen LogP contribution >= 0.6 is 23.2 Å². The first kappa shape index (κ1) is 20.6. The molecule has 3 aromatic rings. The van der Waals surface area contributed by atoms with Crippen molar-refractivity contribution in [3.8, 4) is 22.4 Å². The number of hydrogen-bond acceptors (Lipinski definition) is 4. The van der Waals surface area contributed by atoms with Crippen LogP contribution in [0.1, 0.15) is 5.76 Å². The zero-order valence-electron chi connectivity index (χ0n) is 13.8. The molecule has 0 bridgehead atoms. The van der Waals surface area contributed by atoms with Crippen molar-refractivity contribution in [3.63, 3.8) is 0 Å². The monoisotopic (exact) mass is 453 g/mol. The molecule has 0 saturated heterocycles. The Labute approximate surface area is 166 Å². The van der Waals surface area contributed by atoms with Gasteiger partial charge in [-0.3, -0.25) is 0 Å². The number of hydrogen-bond donors (Lipinski definition) is 0. The third-order valence-electron chi connectivity index (χ3n) is 3.71. The van der Waals surface area contributed by atoms with Gasteiger partial charge in [-0.2, -0.15) is 13.2 Å². The van der Waals surface area contributed by atoms with Crippen molar-refractivity contribution < 1.29 is 30.5 Å². The van der Waals surface area contributed by atoms with Crippen LogP contribution in [0.25, 0.3) is 22.4 Å². The summed E-state index contributed by atoms with van der Waals surface area (Å²) in [5, 5.41) is 3.74. The van der Waals surface area contributed by atoms with Gasteiger partial charge in [0.1, 0.15) is 16.4 Å². The van der Waals surface area contributed by atoms with E-state index in [1.54, 1.807) is 0 Å². The molecule has 11 heteroatoms. The molecule has 0 N–H and O–H groups in total. The van der Waals surface area contributed by atoms with Gasteiger partial charge >= 0.3 is 6.18 Å². The fourth-order valence-electron chi connectivity index (χ4n) is 2.60. The van der Waals surface area contributed by atoms with Crippen molar-refractivity contribution in [1.82, 2.24) is 5.16 Å². The molecular formula is C17H9Cl2F4NO3S. The highest BCUT2D eigenvalue weighted by atomic mass is 35.5. The largest absolute Gasteiger partial charge is 0.453 e. The van der Waals surface area contributed by atoms with E-state index in [1.165, 1.54) is 18.2 Å². The zero-order chi connectivity index (χ0) is 20.9. The van der Waals surface area contributed by atoms with Crippen molar-refractivity contribution >= 4 is 33.0 Å². The predicted molar refractivity (Wildman–Crippen MR) is 95.5 cm³/mol. The van der Waals surface area contributed by atoms with Gasteiger partial charge in [-0.25, -0.2) is 12.8 Å². The first-order valence-corrected chi connectivity index (χ1v) is 10.1. The Morgan fingerprint density at radius 3 is 2.11 bits per heavy atom. The van der Waals surface area contributed by atoms with E-state index < -0.39 is 38.0 Å². The van der Waals surface area contributed by atoms with Crippen molar-refractivity contribution in [2.24, 2.45) is 0 Å². The Bertz CT molecular complexity index is 1150. The number of sulfone groups is 1. The summed E-state index contributed by atoms with van der Waals surface area (Å²) in [6.45, 7) is 0. The summed E-state index contributed by atoms with van der Waals surface area (Å²) in [6, 6.07) is 6.59. The number of rotatable bonds is 3. The molecule has 1 heterocycles. The summed E-state index contributed by atoms with van der Waals surface area (Å²) in [5.74, 6) is -2.67. The Kier molecular flexibility index (Phi) is 5.20. The topological polar surface area (TPSA) is 60.2 Å². The number of halogens is 6. The van der Waals surface area contributed by atoms with Crippen molar-refractivity contribution in [2.45, 2.75) is 11.1 Å². The van der Waals surface area contributed by atoms with Gasteiger partial charge in [-0.05, 0) is 35.9 Å². The lowest BCUT2D eigenvalue weighted by molar-refractivity contribution is -0.154. The molecule has 0 aliphatic carbocycles. The smallest absolute Gasteiger partial charge is 0.350 e. The molecule has 0 radical (unpaired) electrons. The summed E-state index contributed by atoms with van der Waals surface area (Å²) >= 11 is 11.8. The summed E-state index contributed by atoms with van der Waals surface area (Å²) in [5.41, 5.74) is -1.00. The Balaban J connectivity index is 2.30. The number of nitrogens with zero attached hydrogens (tertiary/aromatic N) is 1. The molecule has 0 spiro atoms. The molecule has 1 aromatic heterocycles. The van der Waals surface area contributed by atoms with E-state index in [4.69, 9.17) is 23.2 Å². The van der Waals surface area contributed by atoms with E-state index in [9.17, 15) is 26.0 Å². The highest BCUT2D eigenvalue weighted by Gasteiger charge is 2.41. The molecule has 0 fully saturated rings. The highest BCUT2D eigenvalue weighted by Crippen LogP contribution is 2.43. The molecule has 148 valence electrons. The van der Waals surface area contributed by atoms with Crippen LogP contribution in [0.2, 0.25) is 10.0 Å². The van der Waals surface area contributed by atoms with Crippen LogP contribution in [-0.4, -0.2) is 19.8 Å². The maximum Gasteiger partial charge on any atom is 0.453 e. The second-order valence-electron chi connectivity index (χ2n) is 5.81. The Hall–Kier alpha value is -2.10. The molecule has 0 saturated carbocycles. The van der Waals surface area contributed by atoms with E-state index in [0.717, 1.165) is 18.4 Å². The molecule has 28 heavy (non-hydrogen) atoms. The maximum atomic E-state index is 14.3. The van der Waals surface area contributed by atoms with E-state index in [1.807, 2.05) is 0 Å². The van der Waals surface area contributed by atoms with Gasteiger partial charge < -0.3 is 4.52 Å². The van der Waals surface area contributed by atoms with Crippen LogP contribution in [0.5, 0.6) is 0 Å². The molecule has 0 unspecified atom stereocenters. The van der Waals surface area contributed by atoms with Crippen LogP contribution in [0.3, 0.4) is 0 Å².